The largest absolute Gasteiger partial charge is 0.481 e. The van der Waals surface area contributed by atoms with Crippen molar-refractivity contribution in [2.24, 2.45) is 5.92 Å². The summed E-state index contributed by atoms with van der Waals surface area (Å²) in [6.07, 6.45) is 4.37. The highest BCUT2D eigenvalue weighted by Crippen LogP contribution is 2.29. The molecule has 0 bridgehead atoms. The van der Waals surface area contributed by atoms with E-state index < -0.39 is 16.0 Å². The maximum absolute atomic E-state index is 12.7. The Morgan fingerprint density at radius 1 is 1.52 bits per heavy atom. The molecule has 2 rings (SSSR count). The SMILES string of the molecule is CC(C)C1CCCN1S(=O)(=O)c1cnn(CCC(=O)O)c1. The Hall–Kier alpha value is -1.41. The van der Waals surface area contributed by atoms with Gasteiger partial charge in [0, 0.05) is 18.8 Å². The fraction of sp³-hybridized carbons (Fsp3) is 0.692. The standard InChI is InChI=1S/C13H21N3O4S/c1-10(2)12-4-3-6-16(12)21(19,20)11-8-14-15(9-11)7-5-13(17)18/h8-10,12H,3-7H2,1-2H3,(H,17,18). The van der Waals surface area contributed by atoms with E-state index in [1.54, 1.807) is 4.31 Å². The molecule has 1 aromatic rings. The van der Waals surface area contributed by atoms with Crippen LogP contribution in [0.1, 0.15) is 33.1 Å². The highest BCUT2D eigenvalue weighted by atomic mass is 32.2. The number of hydrogen-bond acceptors (Lipinski definition) is 4. The van der Waals surface area contributed by atoms with Crippen LogP contribution >= 0.6 is 0 Å². The Morgan fingerprint density at radius 3 is 2.86 bits per heavy atom. The molecule has 0 aromatic carbocycles. The summed E-state index contributed by atoms with van der Waals surface area (Å²) in [5, 5.41) is 12.6. The zero-order valence-corrected chi connectivity index (χ0v) is 13.1. The van der Waals surface area contributed by atoms with Crippen molar-refractivity contribution in [3.8, 4) is 0 Å². The van der Waals surface area contributed by atoms with Crippen LogP contribution in [0.4, 0.5) is 0 Å². The van der Waals surface area contributed by atoms with Crippen molar-refractivity contribution in [1.82, 2.24) is 14.1 Å². The van der Waals surface area contributed by atoms with Gasteiger partial charge in [0.05, 0.1) is 19.2 Å². The molecular weight excluding hydrogens is 294 g/mol. The summed E-state index contributed by atoms with van der Waals surface area (Å²) in [7, 11) is -3.55. The first-order valence-electron chi connectivity index (χ1n) is 7.08. The Labute approximate surface area is 124 Å². The lowest BCUT2D eigenvalue weighted by molar-refractivity contribution is -0.137. The maximum atomic E-state index is 12.7. The summed E-state index contributed by atoms with van der Waals surface area (Å²) in [6.45, 7) is 4.74. The Morgan fingerprint density at radius 2 is 2.24 bits per heavy atom. The van der Waals surface area contributed by atoms with Crippen LogP contribution in [0, 0.1) is 5.92 Å². The van der Waals surface area contributed by atoms with Gasteiger partial charge in [-0.15, -0.1) is 0 Å². The average Bonchev–Trinajstić information content (AvgIpc) is 3.05. The lowest BCUT2D eigenvalue weighted by Gasteiger charge is -2.26. The number of sulfonamides is 1. The summed E-state index contributed by atoms with van der Waals surface area (Å²) in [5.74, 6) is -0.668. The van der Waals surface area contributed by atoms with Crippen LogP contribution in [0.5, 0.6) is 0 Å². The molecule has 1 N–H and O–H groups in total. The van der Waals surface area contributed by atoms with Gasteiger partial charge in [-0.05, 0) is 18.8 Å². The van der Waals surface area contributed by atoms with E-state index in [1.807, 2.05) is 13.8 Å². The van der Waals surface area contributed by atoms with Gasteiger partial charge in [0.1, 0.15) is 4.90 Å². The van der Waals surface area contributed by atoms with Gasteiger partial charge in [0.2, 0.25) is 10.0 Å². The molecule has 0 radical (unpaired) electrons. The molecule has 0 saturated carbocycles. The van der Waals surface area contributed by atoms with Crippen molar-refractivity contribution in [3.63, 3.8) is 0 Å². The lowest BCUT2D eigenvalue weighted by Crippen LogP contribution is -2.38. The van der Waals surface area contributed by atoms with Crippen LogP contribution in [0.3, 0.4) is 0 Å². The zero-order chi connectivity index (χ0) is 15.6. The molecule has 1 saturated heterocycles. The molecule has 1 aromatic heterocycles. The van der Waals surface area contributed by atoms with Gasteiger partial charge in [-0.25, -0.2) is 8.42 Å². The van der Waals surface area contributed by atoms with Crippen LogP contribution in [-0.4, -0.2) is 46.2 Å². The van der Waals surface area contributed by atoms with Gasteiger partial charge >= 0.3 is 5.97 Å². The molecule has 8 heteroatoms. The number of hydrogen-bond donors (Lipinski definition) is 1. The number of carboxylic acids is 1. The molecule has 0 amide bonds. The molecule has 0 spiro atoms. The quantitative estimate of drug-likeness (QED) is 0.850. The third-order valence-electron chi connectivity index (χ3n) is 3.79. The molecule has 1 atom stereocenters. The van der Waals surface area contributed by atoms with Gasteiger partial charge in [0.25, 0.3) is 0 Å². The molecule has 0 aliphatic carbocycles. The molecule has 1 aliphatic heterocycles. The third-order valence-corrected chi connectivity index (χ3v) is 5.67. The van der Waals surface area contributed by atoms with E-state index in [2.05, 4.69) is 5.10 Å². The summed E-state index contributed by atoms with van der Waals surface area (Å²) >= 11 is 0. The van der Waals surface area contributed by atoms with Crippen molar-refractivity contribution < 1.29 is 18.3 Å². The van der Waals surface area contributed by atoms with E-state index in [4.69, 9.17) is 5.11 Å². The minimum Gasteiger partial charge on any atom is -0.481 e. The normalized spacial score (nSPS) is 20.2. The molecule has 1 aliphatic rings. The number of carbonyl (C=O) groups is 1. The van der Waals surface area contributed by atoms with E-state index >= 15 is 0 Å². The first-order chi connectivity index (χ1) is 9.82. The van der Waals surface area contributed by atoms with Crippen molar-refractivity contribution >= 4 is 16.0 Å². The molecule has 1 unspecified atom stereocenters. The van der Waals surface area contributed by atoms with Gasteiger partial charge in [-0.2, -0.15) is 9.40 Å². The van der Waals surface area contributed by atoms with E-state index in [-0.39, 0.29) is 29.8 Å². The van der Waals surface area contributed by atoms with Gasteiger partial charge < -0.3 is 5.11 Å². The Balaban J connectivity index is 2.18. The van der Waals surface area contributed by atoms with E-state index in [0.717, 1.165) is 12.8 Å². The molecule has 118 valence electrons. The van der Waals surface area contributed by atoms with Crippen LogP contribution in [-0.2, 0) is 21.4 Å². The predicted octanol–water partition coefficient (Wildman–Crippen LogP) is 1.17. The predicted molar refractivity (Wildman–Crippen MR) is 76.2 cm³/mol. The van der Waals surface area contributed by atoms with Crippen molar-refractivity contribution in [3.05, 3.63) is 12.4 Å². The first kappa shape index (κ1) is 16.0. The Kier molecular flexibility index (Phi) is 4.67. The van der Waals surface area contributed by atoms with Gasteiger partial charge in [-0.3, -0.25) is 9.48 Å². The fourth-order valence-corrected chi connectivity index (χ4v) is 4.46. The monoisotopic (exact) mass is 315 g/mol. The average molecular weight is 315 g/mol. The summed E-state index contributed by atoms with van der Waals surface area (Å²) in [6, 6.07) is 0.0253. The highest BCUT2D eigenvalue weighted by Gasteiger charge is 2.37. The summed E-state index contributed by atoms with van der Waals surface area (Å²) < 4.78 is 28.2. The molecule has 1 fully saturated rings. The second kappa shape index (κ2) is 6.15. The number of carboxylic acid groups (broad SMARTS) is 1. The third kappa shape index (κ3) is 3.44. The summed E-state index contributed by atoms with van der Waals surface area (Å²) in [5.41, 5.74) is 0. The second-order valence-electron chi connectivity index (χ2n) is 5.65. The van der Waals surface area contributed by atoms with E-state index in [0.29, 0.717) is 6.54 Å². The number of aliphatic carboxylic acids is 1. The molecular formula is C13H21N3O4S. The number of nitrogens with zero attached hydrogens (tertiary/aromatic N) is 3. The van der Waals surface area contributed by atoms with Gasteiger partial charge in [0.15, 0.2) is 0 Å². The topological polar surface area (TPSA) is 92.5 Å². The van der Waals surface area contributed by atoms with Crippen LogP contribution in [0.15, 0.2) is 17.3 Å². The molecule has 2 heterocycles. The van der Waals surface area contributed by atoms with Crippen molar-refractivity contribution in [1.29, 1.82) is 0 Å². The second-order valence-corrected chi connectivity index (χ2v) is 7.54. The zero-order valence-electron chi connectivity index (χ0n) is 12.3. The fourth-order valence-electron chi connectivity index (χ4n) is 2.68. The minimum absolute atomic E-state index is 0.0253. The van der Waals surface area contributed by atoms with Crippen molar-refractivity contribution in [2.45, 2.75) is 50.6 Å². The smallest absolute Gasteiger partial charge is 0.305 e. The van der Waals surface area contributed by atoms with Crippen molar-refractivity contribution in [2.75, 3.05) is 6.54 Å². The molecule has 7 nitrogen and oxygen atoms in total. The number of rotatable bonds is 6. The lowest BCUT2D eigenvalue weighted by atomic mass is 10.0. The Bertz CT molecular complexity index is 609. The van der Waals surface area contributed by atoms with Gasteiger partial charge in [-0.1, -0.05) is 13.8 Å². The highest BCUT2D eigenvalue weighted by molar-refractivity contribution is 7.89. The number of aromatic nitrogens is 2. The van der Waals surface area contributed by atoms with E-state index in [9.17, 15) is 13.2 Å². The molecule has 21 heavy (non-hydrogen) atoms. The minimum atomic E-state index is -3.55. The summed E-state index contributed by atoms with van der Waals surface area (Å²) in [4.78, 5) is 10.7. The van der Waals surface area contributed by atoms with Crippen LogP contribution < -0.4 is 0 Å². The van der Waals surface area contributed by atoms with E-state index in [1.165, 1.54) is 17.1 Å². The first-order valence-corrected chi connectivity index (χ1v) is 8.52. The number of aryl methyl sites for hydroxylation is 1. The maximum Gasteiger partial charge on any atom is 0.305 e. The van der Waals surface area contributed by atoms with Crippen LogP contribution in [0.2, 0.25) is 0 Å². The van der Waals surface area contributed by atoms with Crippen LogP contribution in [0.25, 0.3) is 0 Å².